The molecule has 0 bridgehead atoms. The van der Waals surface area contributed by atoms with Crippen LogP contribution in [0.4, 0.5) is 0 Å². The molecule has 0 aromatic carbocycles. The highest BCUT2D eigenvalue weighted by Crippen LogP contribution is 2.07. The molecule has 0 saturated heterocycles. The minimum atomic E-state index is -3.74. The first kappa shape index (κ1) is 12.4. The number of H-pyrrole nitrogens is 1. The van der Waals surface area contributed by atoms with Crippen molar-refractivity contribution in [1.82, 2.24) is 9.71 Å². The van der Waals surface area contributed by atoms with E-state index in [1.807, 2.05) is 0 Å². The molecule has 1 rings (SSSR count). The summed E-state index contributed by atoms with van der Waals surface area (Å²) in [6.07, 6.45) is 2.55. The zero-order valence-corrected chi connectivity index (χ0v) is 10.6. The number of pyridine rings is 1. The first-order chi connectivity index (χ1) is 6.84. The van der Waals surface area contributed by atoms with E-state index in [0.717, 1.165) is 6.20 Å². The SMILES string of the molecule is CC(C)NS(=O)(=O)c1c[nH]cc(Br)c1=O. The summed E-state index contributed by atoms with van der Waals surface area (Å²) in [4.78, 5) is 13.8. The minimum Gasteiger partial charge on any atom is -0.365 e. The number of hydrogen-bond acceptors (Lipinski definition) is 3. The Morgan fingerprint density at radius 3 is 2.53 bits per heavy atom. The normalized spacial score (nSPS) is 12.0. The lowest BCUT2D eigenvalue weighted by Crippen LogP contribution is -2.33. The maximum atomic E-state index is 11.7. The Kier molecular flexibility index (Phi) is 3.69. The molecule has 0 amide bonds. The molecule has 84 valence electrons. The summed E-state index contributed by atoms with van der Waals surface area (Å²) in [6.45, 7) is 3.37. The molecule has 1 heterocycles. The number of aromatic nitrogens is 1. The van der Waals surface area contributed by atoms with Crippen LogP contribution in [0.2, 0.25) is 0 Å². The highest BCUT2D eigenvalue weighted by atomic mass is 79.9. The Bertz CT molecular complexity index is 507. The fraction of sp³-hybridized carbons (Fsp3) is 0.375. The molecule has 0 aliphatic rings. The van der Waals surface area contributed by atoms with Gasteiger partial charge in [-0.2, -0.15) is 0 Å². The molecule has 1 aromatic heterocycles. The molecule has 0 fully saturated rings. The Hall–Kier alpha value is -0.660. The summed E-state index contributed by atoms with van der Waals surface area (Å²) in [7, 11) is -3.74. The van der Waals surface area contributed by atoms with Gasteiger partial charge in [0.2, 0.25) is 15.5 Å². The van der Waals surface area contributed by atoms with Gasteiger partial charge in [0.05, 0.1) is 4.47 Å². The molecule has 1 aromatic rings. The summed E-state index contributed by atoms with van der Waals surface area (Å²) in [6, 6.07) is -0.256. The average molecular weight is 295 g/mol. The van der Waals surface area contributed by atoms with Crippen LogP contribution in [0.5, 0.6) is 0 Å². The lowest BCUT2D eigenvalue weighted by Gasteiger charge is -2.08. The summed E-state index contributed by atoms with van der Waals surface area (Å²) in [5.74, 6) is 0. The topological polar surface area (TPSA) is 79.0 Å². The van der Waals surface area contributed by atoms with Crippen LogP contribution >= 0.6 is 15.9 Å². The summed E-state index contributed by atoms with van der Waals surface area (Å²) in [5, 5.41) is 0. The van der Waals surface area contributed by atoms with E-state index in [4.69, 9.17) is 0 Å². The molecule has 0 aliphatic carbocycles. The molecule has 7 heteroatoms. The molecular formula is C8H11BrN2O3S. The average Bonchev–Trinajstić information content (AvgIpc) is 2.07. The third-order valence-electron chi connectivity index (χ3n) is 1.55. The van der Waals surface area contributed by atoms with Crippen LogP contribution in [-0.4, -0.2) is 19.4 Å². The fourth-order valence-corrected chi connectivity index (χ4v) is 2.81. The van der Waals surface area contributed by atoms with Gasteiger partial charge < -0.3 is 4.98 Å². The van der Waals surface area contributed by atoms with Gasteiger partial charge in [0.25, 0.3) is 0 Å². The molecule has 15 heavy (non-hydrogen) atoms. The third-order valence-corrected chi connectivity index (χ3v) is 3.80. The van der Waals surface area contributed by atoms with E-state index in [1.54, 1.807) is 13.8 Å². The molecular weight excluding hydrogens is 284 g/mol. The first-order valence-corrected chi connectivity index (χ1v) is 6.51. The van der Waals surface area contributed by atoms with E-state index in [-0.39, 0.29) is 15.4 Å². The van der Waals surface area contributed by atoms with Gasteiger partial charge in [-0.1, -0.05) is 0 Å². The lowest BCUT2D eigenvalue weighted by atomic mass is 10.4. The molecule has 0 unspecified atom stereocenters. The van der Waals surface area contributed by atoms with Gasteiger partial charge in [-0.05, 0) is 29.8 Å². The van der Waals surface area contributed by atoms with Gasteiger partial charge in [0, 0.05) is 18.4 Å². The van der Waals surface area contributed by atoms with Crippen molar-refractivity contribution in [2.45, 2.75) is 24.8 Å². The predicted molar refractivity (Wildman–Crippen MR) is 60.2 cm³/mol. The van der Waals surface area contributed by atoms with E-state index < -0.39 is 15.5 Å². The summed E-state index contributed by atoms with van der Waals surface area (Å²) < 4.78 is 25.9. The van der Waals surface area contributed by atoms with E-state index in [0.29, 0.717) is 0 Å². The van der Waals surface area contributed by atoms with Crippen LogP contribution < -0.4 is 10.2 Å². The number of nitrogens with one attached hydrogen (secondary N) is 2. The van der Waals surface area contributed by atoms with Crippen molar-refractivity contribution in [3.05, 3.63) is 27.1 Å². The summed E-state index contributed by atoms with van der Waals surface area (Å²) >= 11 is 2.97. The van der Waals surface area contributed by atoms with E-state index in [9.17, 15) is 13.2 Å². The van der Waals surface area contributed by atoms with Crippen molar-refractivity contribution in [3.8, 4) is 0 Å². The van der Waals surface area contributed by atoms with Gasteiger partial charge in [0.1, 0.15) is 4.90 Å². The van der Waals surface area contributed by atoms with Crippen molar-refractivity contribution in [3.63, 3.8) is 0 Å². The smallest absolute Gasteiger partial charge is 0.246 e. The van der Waals surface area contributed by atoms with Gasteiger partial charge in [-0.3, -0.25) is 4.79 Å². The van der Waals surface area contributed by atoms with Crippen molar-refractivity contribution in [1.29, 1.82) is 0 Å². The molecule has 2 N–H and O–H groups in total. The monoisotopic (exact) mass is 294 g/mol. The van der Waals surface area contributed by atoms with Crippen LogP contribution in [-0.2, 0) is 10.0 Å². The predicted octanol–water partition coefficient (Wildman–Crippen LogP) is 0.824. The number of hydrogen-bond donors (Lipinski definition) is 2. The van der Waals surface area contributed by atoms with Crippen LogP contribution in [0.25, 0.3) is 0 Å². The highest BCUT2D eigenvalue weighted by Gasteiger charge is 2.19. The zero-order chi connectivity index (χ0) is 11.6. The zero-order valence-electron chi connectivity index (χ0n) is 8.24. The van der Waals surface area contributed by atoms with Gasteiger partial charge in [-0.15, -0.1) is 0 Å². The van der Waals surface area contributed by atoms with E-state index in [1.165, 1.54) is 6.20 Å². The Labute approximate surface area is 96.1 Å². The Morgan fingerprint density at radius 1 is 1.40 bits per heavy atom. The molecule has 0 aliphatic heterocycles. The van der Waals surface area contributed by atoms with Gasteiger partial charge in [0.15, 0.2) is 0 Å². The Balaban J connectivity index is 3.29. The molecule has 0 saturated carbocycles. The van der Waals surface area contributed by atoms with E-state index >= 15 is 0 Å². The summed E-state index contributed by atoms with van der Waals surface area (Å²) in [5.41, 5.74) is -0.554. The number of rotatable bonds is 3. The molecule has 0 radical (unpaired) electrons. The largest absolute Gasteiger partial charge is 0.365 e. The van der Waals surface area contributed by atoms with Gasteiger partial charge >= 0.3 is 0 Å². The van der Waals surface area contributed by atoms with Crippen LogP contribution in [0.1, 0.15) is 13.8 Å². The fourth-order valence-electron chi connectivity index (χ4n) is 1.01. The maximum absolute atomic E-state index is 11.7. The van der Waals surface area contributed by atoms with Crippen molar-refractivity contribution >= 4 is 26.0 Å². The third kappa shape index (κ3) is 2.90. The Morgan fingerprint density at radius 2 is 2.00 bits per heavy atom. The number of aromatic amines is 1. The van der Waals surface area contributed by atoms with Crippen molar-refractivity contribution in [2.24, 2.45) is 0 Å². The van der Waals surface area contributed by atoms with E-state index in [2.05, 4.69) is 25.6 Å². The highest BCUT2D eigenvalue weighted by molar-refractivity contribution is 9.10. The maximum Gasteiger partial charge on any atom is 0.246 e. The minimum absolute atomic E-state index is 0.189. The first-order valence-electron chi connectivity index (χ1n) is 4.23. The second kappa shape index (κ2) is 4.46. The second-order valence-corrected chi connectivity index (χ2v) is 5.81. The lowest BCUT2D eigenvalue weighted by molar-refractivity contribution is 0.568. The van der Waals surface area contributed by atoms with Crippen LogP contribution in [0.15, 0.2) is 26.6 Å². The standard InChI is InChI=1S/C8H11BrN2O3S/c1-5(2)11-15(13,14)7-4-10-3-6(9)8(7)12/h3-5,11H,1-2H3,(H,10,12). The quantitative estimate of drug-likeness (QED) is 0.866. The molecule has 5 nitrogen and oxygen atoms in total. The van der Waals surface area contributed by atoms with Crippen LogP contribution in [0, 0.1) is 0 Å². The molecule has 0 atom stereocenters. The van der Waals surface area contributed by atoms with Gasteiger partial charge in [-0.25, -0.2) is 13.1 Å². The molecule has 0 spiro atoms. The van der Waals surface area contributed by atoms with Crippen molar-refractivity contribution < 1.29 is 8.42 Å². The van der Waals surface area contributed by atoms with Crippen molar-refractivity contribution in [2.75, 3.05) is 0 Å². The number of sulfonamides is 1. The number of halogens is 1. The second-order valence-electron chi connectivity index (χ2n) is 3.27. The van der Waals surface area contributed by atoms with Crippen LogP contribution in [0.3, 0.4) is 0 Å².